The quantitative estimate of drug-likeness (QED) is 0.185. The molecule has 10 aromatic rings. The van der Waals surface area contributed by atoms with Gasteiger partial charge in [-0.1, -0.05) is 159 Å². The summed E-state index contributed by atoms with van der Waals surface area (Å²) in [6.07, 6.45) is 0. The van der Waals surface area contributed by atoms with Crippen molar-refractivity contribution in [1.82, 2.24) is 19.5 Å². The van der Waals surface area contributed by atoms with E-state index >= 15 is 0 Å². The highest BCUT2D eigenvalue weighted by Gasteiger charge is 2.39. The summed E-state index contributed by atoms with van der Waals surface area (Å²) >= 11 is 0. The van der Waals surface area contributed by atoms with Crippen LogP contribution in [-0.4, -0.2) is 19.5 Å². The lowest BCUT2D eigenvalue weighted by molar-refractivity contribution is 0.661. The summed E-state index contributed by atoms with van der Waals surface area (Å²) in [6, 6.07) is 60.6. The highest BCUT2D eigenvalue weighted by atomic mass is 15.0. The van der Waals surface area contributed by atoms with Crippen molar-refractivity contribution in [3.63, 3.8) is 0 Å². The van der Waals surface area contributed by atoms with Crippen molar-refractivity contribution in [3.8, 4) is 51.0 Å². The van der Waals surface area contributed by atoms with E-state index in [1.54, 1.807) is 0 Å². The average Bonchev–Trinajstić information content (AvgIpc) is 3.70. The molecule has 2 heterocycles. The van der Waals surface area contributed by atoms with E-state index in [2.05, 4.69) is 152 Å². The highest BCUT2D eigenvalue weighted by Crippen LogP contribution is 2.53. The zero-order valence-electron chi connectivity index (χ0n) is 30.0. The monoisotopic (exact) mass is 690 g/mol. The molecule has 0 unspecified atom stereocenters. The minimum Gasteiger partial charge on any atom is -0.309 e. The normalized spacial score (nSPS) is 13.1. The Labute approximate surface area is 313 Å². The van der Waals surface area contributed by atoms with Gasteiger partial charge in [0.25, 0.3) is 0 Å². The van der Waals surface area contributed by atoms with Crippen molar-refractivity contribution in [2.45, 2.75) is 19.3 Å². The Morgan fingerprint density at radius 2 is 0.907 bits per heavy atom. The van der Waals surface area contributed by atoms with Gasteiger partial charge >= 0.3 is 0 Å². The summed E-state index contributed by atoms with van der Waals surface area (Å²) < 4.78 is 2.46. The van der Waals surface area contributed by atoms with Gasteiger partial charge in [-0.15, -0.1) is 0 Å². The fourth-order valence-electron chi connectivity index (χ4n) is 8.97. The standard InChI is InChI=1S/C50H34N4/c1-50(2)41-24-14-13-23-38(41)39-29-35(30-40(46(39)50)49-52-47(33-17-5-3-6-18-33)51-48(53-49)34-19-7-4-8-20-34)54-42-27-25-31-15-9-11-21-36(31)44(42)45-37-22-12-10-16-32(37)26-28-43(45)54/h3-30H,1-2H3. The Balaban J connectivity index is 1.28. The second-order valence-corrected chi connectivity index (χ2v) is 14.8. The molecule has 0 amide bonds. The first-order valence-electron chi connectivity index (χ1n) is 18.5. The number of hydrogen-bond donors (Lipinski definition) is 0. The molecule has 0 aliphatic heterocycles. The number of benzene rings is 8. The van der Waals surface area contributed by atoms with Gasteiger partial charge in [0.15, 0.2) is 17.5 Å². The Morgan fingerprint density at radius 3 is 1.50 bits per heavy atom. The maximum Gasteiger partial charge on any atom is 0.164 e. The Hall–Kier alpha value is -6.91. The van der Waals surface area contributed by atoms with E-state index in [1.807, 2.05) is 36.4 Å². The molecule has 1 aliphatic carbocycles. The first-order valence-corrected chi connectivity index (χ1v) is 18.5. The van der Waals surface area contributed by atoms with Crippen LogP contribution in [0.2, 0.25) is 0 Å². The Kier molecular flexibility index (Phi) is 6.56. The van der Waals surface area contributed by atoms with E-state index < -0.39 is 0 Å². The van der Waals surface area contributed by atoms with E-state index in [-0.39, 0.29) is 5.41 Å². The maximum absolute atomic E-state index is 5.30. The van der Waals surface area contributed by atoms with Crippen molar-refractivity contribution in [3.05, 3.63) is 181 Å². The molecule has 8 aromatic carbocycles. The largest absolute Gasteiger partial charge is 0.309 e. The van der Waals surface area contributed by atoms with E-state index in [0.29, 0.717) is 17.5 Å². The average molecular weight is 691 g/mol. The van der Waals surface area contributed by atoms with Crippen LogP contribution < -0.4 is 0 Å². The van der Waals surface area contributed by atoms with Gasteiger partial charge in [0, 0.05) is 38.6 Å². The number of nitrogens with zero attached hydrogens (tertiary/aromatic N) is 4. The van der Waals surface area contributed by atoms with Crippen LogP contribution in [0.3, 0.4) is 0 Å². The minimum absolute atomic E-state index is 0.292. The van der Waals surface area contributed by atoms with Crippen LogP contribution in [0.1, 0.15) is 25.0 Å². The summed E-state index contributed by atoms with van der Waals surface area (Å²) in [5.41, 5.74) is 11.0. The van der Waals surface area contributed by atoms with Gasteiger partial charge in [0.1, 0.15) is 0 Å². The lowest BCUT2D eigenvalue weighted by Gasteiger charge is -2.25. The lowest BCUT2D eigenvalue weighted by atomic mass is 9.80. The molecule has 0 saturated heterocycles. The highest BCUT2D eigenvalue weighted by molar-refractivity contribution is 6.28. The summed E-state index contributed by atoms with van der Waals surface area (Å²) in [6.45, 7) is 4.66. The third-order valence-corrected chi connectivity index (χ3v) is 11.4. The molecular formula is C50H34N4. The molecule has 0 N–H and O–H groups in total. The number of aromatic nitrogens is 4. The zero-order chi connectivity index (χ0) is 36.0. The van der Waals surface area contributed by atoms with Crippen LogP contribution in [0.15, 0.2) is 170 Å². The second-order valence-electron chi connectivity index (χ2n) is 14.8. The summed E-state index contributed by atoms with van der Waals surface area (Å²) in [5, 5.41) is 7.49. The van der Waals surface area contributed by atoms with Gasteiger partial charge in [-0.05, 0) is 68.1 Å². The van der Waals surface area contributed by atoms with Crippen LogP contribution in [0.25, 0.3) is 94.3 Å². The topological polar surface area (TPSA) is 43.6 Å². The van der Waals surface area contributed by atoms with Crippen molar-refractivity contribution in [2.75, 3.05) is 0 Å². The lowest BCUT2D eigenvalue weighted by Crippen LogP contribution is -2.17. The first-order chi connectivity index (χ1) is 26.5. The van der Waals surface area contributed by atoms with E-state index in [9.17, 15) is 0 Å². The number of hydrogen-bond acceptors (Lipinski definition) is 3. The number of rotatable bonds is 4. The Bertz CT molecular complexity index is 2970. The van der Waals surface area contributed by atoms with Gasteiger partial charge < -0.3 is 4.57 Å². The molecule has 0 atom stereocenters. The molecule has 0 saturated carbocycles. The molecule has 254 valence electrons. The van der Waals surface area contributed by atoms with E-state index in [4.69, 9.17) is 15.0 Å². The summed E-state index contributed by atoms with van der Waals surface area (Å²) in [4.78, 5) is 15.7. The van der Waals surface area contributed by atoms with Gasteiger partial charge in [-0.25, -0.2) is 15.0 Å². The van der Waals surface area contributed by atoms with E-state index in [1.165, 1.54) is 65.6 Å². The van der Waals surface area contributed by atoms with Gasteiger partial charge in [0.05, 0.1) is 11.0 Å². The van der Waals surface area contributed by atoms with Crippen molar-refractivity contribution in [1.29, 1.82) is 0 Å². The molecule has 4 heteroatoms. The maximum atomic E-state index is 5.30. The number of fused-ring (bicyclic) bond motifs is 10. The third kappa shape index (κ3) is 4.47. The van der Waals surface area contributed by atoms with Gasteiger partial charge in [0.2, 0.25) is 0 Å². The molecule has 0 bridgehead atoms. The molecule has 0 radical (unpaired) electrons. The third-order valence-electron chi connectivity index (χ3n) is 11.4. The van der Waals surface area contributed by atoms with E-state index in [0.717, 1.165) is 22.4 Å². The summed E-state index contributed by atoms with van der Waals surface area (Å²) in [7, 11) is 0. The molecule has 0 fully saturated rings. The zero-order valence-corrected chi connectivity index (χ0v) is 30.0. The van der Waals surface area contributed by atoms with Crippen LogP contribution in [0, 0.1) is 0 Å². The van der Waals surface area contributed by atoms with Crippen LogP contribution in [0.5, 0.6) is 0 Å². The van der Waals surface area contributed by atoms with Gasteiger partial charge in [-0.3, -0.25) is 0 Å². The van der Waals surface area contributed by atoms with Crippen LogP contribution in [0.4, 0.5) is 0 Å². The predicted octanol–water partition coefficient (Wildman–Crippen LogP) is 12.6. The van der Waals surface area contributed by atoms with Crippen molar-refractivity contribution in [2.24, 2.45) is 0 Å². The Morgan fingerprint density at radius 1 is 0.426 bits per heavy atom. The smallest absolute Gasteiger partial charge is 0.164 e. The van der Waals surface area contributed by atoms with Crippen LogP contribution in [-0.2, 0) is 5.41 Å². The van der Waals surface area contributed by atoms with Crippen LogP contribution >= 0.6 is 0 Å². The second kappa shape index (κ2) is 11.5. The molecule has 1 aliphatic rings. The molecular weight excluding hydrogens is 657 g/mol. The molecule has 0 spiro atoms. The van der Waals surface area contributed by atoms with Crippen molar-refractivity contribution >= 4 is 43.4 Å². The molecule has 4 nitrogen and oxygen atoms in total. The van der Waals surface area contributed by atoms with Gasteiger partial charge in [-0.2, -0.15) is 0 Å². The first kappa shape index (κ1) is 30.7. The van der Waals surface area contributed by atoms with Crippen molar-refractivity contribution < 1.29 is 0 Å². The fraction of sp³-hybridized carbons (Fsp3) is 0.0600. The molecule has 2 aromatic heterocycles. The summed E-state index contributed by atoms with van der Waals surface area (Å²) in [5.74, 6) is 1.97. The SMILES string of the molecule is CC1(C)c2ccccc2-c2cc(-n3c4ccc5ccccc5c4c4c5ccccc5ccc43)cc(-c3nc(-c4ccccc4)nc(-c4ccccc4)n3)c21. The molecule has 11 rings (SSSR count). The molecule has 54 heavy (non-hydrogen) atoms. The fourth-order valence-corrected chi connectivity index (χ4v) is 8.97. The minimum atomic E-state index is -0.292. The predicted molar refractivity (Wildman–Crippen MR) is 223 cm³/mol.